The molecule has 2 N–H and O–H groups in total. The normalized spacial score (nSPS) is 11.2. The minimum absolute atomic E-state index is 0.103. The molecule has 0 radical (unpaired) electrons. The topological polar surface area (TPSA) is 75.3 Å². The van der Waals surface area contributed by atoms with E-state index in [0.29, 0.717) is 13.1 Å². The number of rotatable bonds is 6. The van der Waals surface area contributed by atoms with Crippen molar-refractivity contribution >= 4 is 21.4 Å². The van der Waals surface area contributed by atoms with E-state index >= 15 is 0 Å². The summed E-state index contributed by atoms with van der Waals surface area (Å²) in [6.07, 6.45) is 1.22. The summed E-state index contributed by atoms with van der Waals surface area (Å²) in [6.45, 7) is 2.50. The third kappa shape index (κ3) is 6.36. The average Bonchev–Trinajstić information content (AvgIpc) is 2.24. The molecular weight excluding hydrogens is 252 g/mol. The number of benzene rings is 1. The van der Waals surface area contributed by atoms with Crippen molar-refractivity contribution < 1.29 is 13.2 Å². The van der Waals surface area contributed by atoms with Gasteiger partial charge in [-0.25, -0.2) is 8.42 Å². The van der Waals surface area contributed by atoms with Crippen LogP contribution in [0.3, 0.4) is 0 Å². The molecule has 1 aromatic rings. The van der Waals surface area contributed by atoms with Crippen molar-refractivity contribution in [2.75, 3.05) is 23.9 Å². The molecule has 1 amide bonds. The zero-order chi connectivity index (χ0) is 13.6. The van der Waals surface area contributed by atoms with Gasteiger partial charge in [0.15, 0.2) is 0 Å². The van der Waals surface area contributed by atoms with E-state index in [9.17, 15) is 13.2 Å². The molecule has 0 atom stereocenters. The number of nitrogens with one attached hydrogen (secondary N) is 2. The molecule has 0 aliphatic rings. The van der Waals surface area contributed by atoms with E-state index in [2.05, 4.69) is 10.6 Å². The highest BCUT2D eigenvalue weighted by Crippen LogP contribution is 2.09. The van der Waals surface area contributed by atoms with E-state index in [0.717, 1.165) is 11.3 Å². The summed E-state index contributed by atoms with van der Waals surface area (Å²) in [5.74, 6) is 0.0331. The molecule has 0 spiro atoms. The van der Waals surface area contributed by atoms with Crippen LogP contribution in [0.4, 0.5) is 5.69 Å². The van der Waals surface area contributed by atoms with Crippen molar-refractivity contribution in [1.82, 2.24) is 5.32 Å². The van der Waals surface area contributed by atoms with Gasteiger partial charge < -0.3 is 10.6 Å². The van der Waals surface area contributed by atoms with E-state index in [-0.39, 0.29) is 11.7 Å². The van der Waals surface area contributed by atoms with Gasteiger partial charge in [0, 0.05) is 32.0 Å². The number of hydrogen-bond acceptors (Lipinski definition) is 4. The van der Waals surface area contributed by atoms with Gasteiger partial charge in [0.25, 0.3) is 0 Å². The molecule has 0 saturated heterocycles. The van der Waals surface area contributed by atoms with Crippen LogP contribution in [0.1, 0.15) is 12.5 Å². The lowest BCUT2D eigenvalue weighted by Gasteiger charge is -2.06. The second-order valence-corrected chi connectivity index (χ2v) is 6.44. The van der Waals surface area contributed by atoms with Crippen LogP contribution in [-0.2, 0) is 21.2 Å². The number of amides is 1. The molecule has 0 heterocycles. The van der Waals surface area contributed by atoms with Crippen molar-refractivity contribution in [2.24, 2.45) is 0 Å². The summed E-state index contributed by atoms with van der Waals surface area (Å²) in [7, 11) is -2.91. The highest BCUT2D eigenvalue weighted by molar-refractivity contribution is 7.90. The number of anilines is 1. The van der Waals surface area contributed by atoms with E-state index < -0.39 is 9.84 Å². The Morgan fingerprint density at radius 2 is 1.83 bits per heavy atom. The first-order valence-corrected chi connectivity index (χ1v) is 7.68. The quantitative estimate of drug-likeness (QED) is 0.749. The number of hydrogen-bond donors (Lipinski definition) is 2. The van der Waals surface area contributed by atoms with E-state index in [1.807, 2.05) is 24.3 Å². The molecule has 0 bridgehead atoms. The minimum Gasteiger partial charge on any atom is -0.326 e. The van der Waals surface area contributed by atoms with E-state index in [1.165, 1.54) is 13.2 Å². The Kier molecular flexibility index (Phi) is 5.30. The summed E-state index contributed by atoms with van der Waals surface area (Å²) >= 11 is 0. The molecule has 0 aromatic heterocycles. The lowest BCUT2D eigenvalue weighted by Crippen LogP contribution is -2.21. The first-order chi connectivity index (χ1) is 8.37. The van der Waals surface area contributed by atoms with Crippen LogP contribution >= 0.6 is 0 Å². The molecule has 1 rings (SSSR count). The molecule has 6 heteroatoms. The summed E-state index contributed by atoms with van der Waals surface area (Å²) in [5, 5.41) is 5.73. The largest absolute Gasteiger partial charge is 0.326 e. The highest BCUT2D eigenvalue weighted by Gasteiger charge is 2.01. The molecule has 0 unspecified atom stereocenters. The van der Waals surface area contributed by atoms with Crippen LogP contribution in [0.5, 0.6) is 0 Å². The van der Waals surface area contributed by atoms with Crippen LogP contribution in [0.25, 0.3) is 0 Å². The Balaban J connectivity index is 2.37. The molecule has 5 nitrogen and oxygen atoms in total. The van der Waals surface area contributed by atoms with Crippen LogP contribution in [0, 0.1) is 0 Å². The first kappa shape index (κ1) is 14.7. The fourth-order valence-corrected chi connectivity index (χ4v) is 1.91. The standard InChI is InChI=1S/C12H18N2O3S/c1-10(15)14-12-5-3-11(4-6-12)9-13-7-8-18(2,16)17/h3-6,13H,7-9H2,1-2H3,(H,14,15). The van der Waals surface area contributed by atoms with Gasteiger partial charge in [-0.05, 0) is 17.7 Å². The van der Waals surface area contributed by atoms with E-state index in [1.54, 1.807) is 0 Å². The van der Waals surface area contributed by atoms with Crippen LogP contribution < -0.4 is 10.6 Å². The highest BCUT2D eigenvalue weighted by atomic mass is 32.2. The van der Waals surface area contributed by atoms with Crippen LogP contribution in [0.2, 0.25) is 0 Å². The van der Waals surface area contributed by atoms with E-state index in [4.69, 9.17) is 0 Å². The first-order valence-electron chi connectivity index (χ1n) is 5.62. The third-order valence-corrected chi connectivity index (χ3v) is 3.20. The summed E-state index contributed by atoms with van der Waals surface area (Å²) in [4.78, 5) is 10.8. The lowest BCUT2D eigenvalue weighted by molar-refractivity contribution is -0.114. The predicted molar refractivity (Wildman–Crippen MR) is 72.2 cm³/mol. The Labute approximate surface area is 108 Å². The van der Waals surface area contributed by atoms with Crippen molar-refractivity contribution in [3.05, 3.63) is 29.8 Å². The van der Waals surface area contributed by atoms with Crippen LogP contribution in [-0.4, -0.2) is 32.9 Å². The molecule has 100 valence electrons. The Morgan fingerprint density at radius 3 is 2.33 bits per heavy atom. The number of sulfone groups is 1. The minimum atomic E-state index is -2.91. The maximum atomic E-state index is 10.9. The summed E-state index contributed by atoms with van der Waals surface area (Å²) in [5.41, 5.74) is 1.79. The molecule has 1 aromatic carbocycles. The molecule has 0 fully saturated rings. The Bertz CT molecular complexity index is 495. The van der Waals surface area contributed by atoms with Crippen molar-refractivity contribution in [3.63, 3.8) is 0 Å². The van der Waals surface area contributed by atoms with Gasteiger partial charge in [-0.2, -0.15) is 0 Å². The smallest absolute Gasteiger partial charge is 0.221 e. The molecule has 0 aliphatic carbocycles. The molecule has 0 saturated carbocycles. The van der Waals surface area contributed by atoms with Crippen molar-refractivity contribution in [1.29, 1.82) is 0 Å². The maximum Gasteiger partial charge on any atom is 0.221 e. The SMILES string of the molecule is CC(=O)Nc1ccc(CNCCS(C)(=O)=O)cc1. The predicted octanol–water partition coefficient (Wildman–Crippen LogP) is 0.779. The molecule has 18 heavy (non-hydrogen) atoms. The van der Waals surface area contributed by atoms with Gasteiger partial charge in [0.2, 0.25) is 5.91 Å². The maximum absolute atomic E-state index is 10.9. The number of carbonyl (C=O) groups is 1. The summed E-state index contributed by atoms with van der Waals surface area (Å²) in [6, 6.07) is 7.40. The van der Waals surface area contributed by atoms with Gasteiger partial charge in [0.1, 0.15) is 9.84 Å². The second kappa shape index (κ2) is 6.51. The summed E-state index contributed by atoms with van der Waals surface area (Å²) < 4.78 is 21.8. The monoisotopic (exact) mass is 270 g/mol. The third-order valence-electron chi connectivity index (χ3n) is 2.25. The second-order valence-electron chi connectivity index (χ2n) is 4.18. The zero-order valence-electron chi connectivity index (χ0n) is 10.6. The van der Waals surface area contributed by atoms with Gasteiger partial charge in [-0.3, -0.25) is 4.79 Å². The van der Waals surface area contributed by atoms with Gasteiger partial charge in [-0.15, -0.1) is 0 Å². The molecule has 0 aliphatic heterocycles. The fraction of sp³-hybridized carbons (Fsp3) is 0.417. The Hall–Kier alpha value is -1.40. The van der Waals surface area contributed by atoms with Gasteiger partial charge in [-0.1, -0.05) is 12.1 Å². The van der Waals surface area contributed by atoms with Gasteiger partial charge >= 0.3 is 0 Å². The van der Waals surface area contributed by atoms with Crippen molar-refractivity contribution in [3.8, 4) is 0 Å². The van der Waals surface area contributed by atoms with Gasteiger partial charge in [0.05, 0.1) is 5.75 Å². The van der Waals surface area contributed by atoms with Crippen molar-refractivity contribution in [2.45, 2.75) is 13.5 Å². The van der Waals surface area contributed by atoms with Crippen LogP contribution in [0.15, 0.2) is 24.3 Å². The molecular formula is C12H18N2O3S. The fourth-order valence-electron chi connectivity index (χ4n) is 1.40. The lowest BCUT2D eigenvalue weighted by atomic mass is 10.2. The average molecular weight is 270 g/mol. The zero-order valence-corrected chi connectivity index (χ0v) is 11.4. The number of carbonyl (C=O) groups excluding carboxylic acids is 1. The Morgan fingerprint density at radius 1 is 1.22 bits per heavy atom.